The van der Waals surface area contributed by atoms with Crippen LogP contribution < -0.4 is 15.4 Å². The highest BCUT2D eigenvalue weighted by molar-refractivity contribution is 7.90. The minimum atomic E-state index is -4.49. The van der Waals surface area contributed by atoms with Gasteiger partial charge in [-0.25, -0.2) is 17.9 Å². The predicted molar refractivity (Wildman–Crippen MR) is 184 cm³/mol. The van der Waals surface area contributed by atoms with Gasteiger partial charge in [0.2, 0.25) is 11.8 Å². The normalized spacial score (nSPS) is 19.0. The summed E-state index contributed by atoms with van der Waals surface area (Å²) in [5.74, 6) is -2.51. The summed E-state index contributed by atoms with van der Waals surface area (Å²) in [6.45, 7) is 8.91. The molecule has 0 heterocycles. The Kier molecular flexibility index (Phi) is 14.2. The molecule has 3 rings (SSSR count). The van der Waals surface area contributed by atoms with Crippen molar-refractivity contribution in [2.45, 2.75) is 114 Å². The van der Waals surface area contributed by atoms with Gasteiger partial charge in [0, 0.05) is 25.3 Å². The summed E-state index contributed by atoms with van der Waals surface area (Å²) in [7, 11) is -3.14. The van der Waals surface area contributed by atoms with Crippen LogP contribution in [-0.2, 0) is 38.7 Å². The molecule has 2 aliphatic carbocycles. The maximum atomic E-state index is 13.6. The zero-order valence-corrected chi connectivity index (χ0v) is 30.0. The molecule has 2 fully saturated rings. The maximum Gasteiger partial charge on any atom is 0.410 e. The number of carbonyl (C=O) groups is 5. The molecular formula is C35H52N4O9S. The fourth-order valence-electron chi connectivity index (χ4n) is 6.00. The molecule has 272 valence electrons. The number of esters is 1. The monoisotopic (exact) mass is 704 g/mol. The number of nitrogens with zero attached hydrogens (tertiary/aromatic N) is 1. The van der Waals surface area contributed by atoms with Crippen LogP contribution in [0.5, 0.6) is 0 Å². The molecule has 0 spiro atoms. The summed E-state index contributed by atoms with van der Waals surface area (Å²) in [5, 5.41) is 5.32. The minimum absolute atomic E-state index is 0.0138. The molecule has 0 bridgehead atoms. The second kappa shape index (κ2) is 17.6. The topological polar surface area (TPSA) is 177 Å². The first-order valence-corrected chi connectivity index (χ1v) is 18.5. The standard InChI is InChI=1S/C35H52N4O9S/c1-6-26-22-35(26,37-30(41)24-39(23-25-16-12-13-17-25)33(44)48-34(2,3)4)32(43)38-49(45,46)28-19-15-14-18-27(28)36-29(40)20-10-8-7-9-11-21-31(42)47-5/h6,14-15,18-19,25-26H,1,7-13,16-17,20-24H2,2-5H3,(H,36,40)(H,37,41)(H,38,43)/t26-,35+/m1/s1. The van der Waals surface area contributed by atoms with E-state index in [1.54, 1.807) is 26.8 Å². The van der Waals surface area contributed by atoms with Crippen LogP contribution in [0.1, 0.15) is 97.8 Å². The van der Waals surface area contributed by atoms with Crippen molar-refractivity contribution in [1.29, 1.82) is 0 Å². The van der Waals surface area contributed by atoms with E-state index in [2.05, 4.69) is 26.7 Å². The van der Waals surface area contributed by atoms with Crippen LogP contribution in [0.3, 0.4) is 0 Å². The number of nitrogens with one attached hydrogen (secondary N) is 3. The highest BCUT2D eigenvalue weighted by Gasteiger charge is 2.60. The van der Waals surface area contributed by atoms with Crippen LogP contribution in [0.2, 0.25) is 0 Å². The van der Waals surface area contributed by atoms with E-state index in [1.165, 1.54) is 36.3 Å². The number of ether oxygens (including phenoxy) is 2. The Labute approximate surface area is 290 Å². The van der Waals surface area contributed by atoms with Crippen molar-refractivity contribution in [2.75, 3.05) is 25.5 Å². The largest absolute Gasteiger partial charge is 0.469 e. The lowest BCUT2D eigenvalue weighted by Crippen LogP contribution is -2.54. The third-order valence-corrected chi connectivity index (χ3v) is 10.1. The molecule has 2 atom stereocenters. The van der Waals surface area contributed by atoms with Gasteiger partial charge < -0.3 is 20.1 Å². The number of sulfonamides is 1. The number of unbranched alkanes of at least 4 members (excludes halogenated alkanes) is 4. The molecule has 2 aliphatic rings. The molecule has 3 N–H and O–H groups in total. The van der Waals surface area contributed by atoms with Gasteiger partial charge in [0.1, 0.15) is 22.6 Å². The van der Waals surface area contributed by atoms with Gasteiger partial charge in [-0.3, -0.25) is 24.1 Å². The van der Waals surface area contributed by atoms with Gasteiger partial charge in [-0.2, -0.15) is 0 Å². The second-order valence-electron chi connectivity index (χ2n) is 13.9. The van der Waals surface area contributed by atoms with E-state index in [1.807, 2.05) is 0 Å². The number of hydrogen-bond donors (Lipinski definition) is 3. The molecule has 0 aliphatic heterocycles. The number of benzene rings is 1. The Morgan fingerprint density at radius 3 is 2.22 bits per heavy atom. The summed E-state index contributed by atoms with van der Waals surface area (Å²) < 4.78 is 39.3. The van der Waals surface area contributed by atoms with Crippen LogP contribution in [0, 0.1) is 11.8 Å². The summed E-state index contributed by atoms with van der Waals surface area (Å²) in [6, 6.07) is 5.74. The molecule has 1 aromatic carbocycles. The van der Waals surface area contributed by atoms with E-state index in [-0.39, 0.29) is 47.8 Å². The minimum Gasteiger partial charge on any atom is -0.469 e. The quantitative estimate of drug-likeness (QED) is 0.110. The Morgan fingerprint density at radius 2 is 1.61 bits per heavy atom. The number of rotatable bonds is 18. The number of hydrogen-bond acceptors (Lipinski definition) is 9. The number of methoxy groups -OCH3 is 1. The van der Waals surface area contributed by atoms with Crippen LogP contribution in [0.25, 0.3) is 0 Å². The average molecular weight is 705 g/mol. The maximum absolute atomic E-state index is 13.6. The van der Waals surface area contributed by atoms with Gasteiger partial charge in [-0.05, 0) is 70.9 Å². The molecular weight excluding hydrogens is 652 g/mol. The Hall–Kier alpha value is -3.94. The third kappa shape index (κ3) is 12.2. The second-order valence-corrected chi connectivity index (χ2v) is 15.6. The van der Waals surface area contributed by atoms with Gasteiger partial charge in [0.05, 0.1) is 12.8 Å². The van der Waals surface area contributed by atoms with Crippen LogP contribution >= 0.6 is 0 Å². The number of anilines is 1. The first kappa shape index (κ1) is 39.5. The van der Waals surface area contributed by atoms with Crippen molar-refractivity contribution in [3.05, 3.63) is 36.9 Å². The lowest BCUT2D eigenvalue weighted by Gasteiger charge is -2.29. The van der Waals surface area contributed by atoms with E-state index in [4.69, 9.17) is 4.74 Å². The highest BCUT2D eigenvalue weighted by Crippen LogP contribution is 2.45. The van der Waals surface area contributed by atoms with Crippen molar-refractivity contribution >= 4 is 45.5 Å². The van der Waals surface area contributed by atoms with Crippen molar-refractivity contribution < 1.29 is 41.9 Å². The zero-order valence-electron chi connectivity index (χ0n) is 29.2. The summed E-state index contributed by atoms with van der Waals surface area (Å²) in [6.07, 6.45) is 9.16. The molecule has 0 aromatic heterocycles. The van der Waals surface area contributed by atoms with Crippen molar-refractivity contribution in [3.63, 3.8) is 0 Å². The van der Waals surface area contributed by atoms with Crippen molar-refractivity contribution in [2.24, 2.45) is 11.8 Å². The highest BCUT2D eigenvalue weighted by atomic mass is 32.2. The summed E-state index contributed by atoms with van der Waals surface area (Å²) in [5.41, 5.74) is -2.33. The van der Waals surface area contributed by atoms with E-state index in [0.29, 0.717) is 25.8 Å². The molecule has 0 unspecified atom stereocenters. The Morgan fingerprint density at radius 1 is 0.980 bits per heavy atom. The third-order valence-electron chi connectivity index (χ3n) is 8.70. The molecule has 1 aromatic rings. The zero-order chi connectivity index (χ0) is 36.2. The molecule has 2 saturated carbocycles. The smallest absolute Gasteiger partial charge is 0.410 e. The molecule has 13 nitrogen and oxygen atoms in total. The SMILES string of the molecule is C=C[C@@H]1C[C@@]1(NC(=O)CN(CC1CCCC1)C(=O)OC(C)(C)C)C(=O)NS(=O)(=O)c1ccccc1NC(=O)CCCCCCCC(=O)OC. The van der Waals surface area contributed by atoms with Crippen LogP contribution in [0.15, 0.2) is 41.8 Å². The number of carbonyl (C=O) groups excluding carboxylic acids is 5. The molecule has 0 radical (unpaired) electrons. The van der Waals surface area contributed by atoms with Crippen molar-refractivity contribution in [1.82, 2.24) is 14.9 Å². The van der Waals surface area contributed by atoms with E-state index < -0.39 is 45.0 Å². The Balaban J connectivity index is 1.63. The van der Waals surface area contributed by atoms with Gasteiger partial charge in [-0.15, -0.1) is 6.58 Å². The summed E-state index contributed by atoms with van der Waals surface area (Å²) >= 11 is 0. The van der Waals surface area contributed by atoms with Gasteiger partial charge >= 0.3 is 12.1 Å². The van der Waals surface area contributed by atoms with E-state index in [9.17, 15) is 32.4 Å². The molecule has 0 saturated heterocycles. The van der Waals surface area contributed by atoms with E-state index >= 15 is 0 Å². The van der Waals surface area contributed by atoms with Crippen molar-refractivity contribution in [3.8, 4) is 0 Å². The fraction of sp³-hybridized carbons (Fsp3) is 0.629. The molecule has 4 amide bonds. The van der Waals surface area contributed by atoms with Gasteiger partial charge in [-0.1, -0.05) is 50.3 Å². The summed E-state index contributed by atoms with van der Waals surface area (Å²) in [4.78, 5) is 64.8. The average Bonchev–Trinajstić information content (AvgIpc) is 3.49. The van der Waals surface area contributed by atoms with E-state index in [0.717, 1.165) is 44.9 Å². The van der Waals surface area contributed by atoms with Crippen LogP contribution in [0.4, 0.5) is 10.5 Å². The first-order chi connectivity index (χ1) is 23.1. The van der Waals surface area contributed by atoms with Gasteiger partial charge in [0.15, 0.2) is 0 Å². The fourth-order valence-corrected chi connectivity index (χ4v) is 7.21. The lowest BCUT2D eigenvalue weighted by atomic mass is 10.1. The first-order valence-electron chi connectivity index (χ1n) is 17.0. The number of para-hydroxylation sites is 1. The number of amides is 4. The molecule has 14 heteroatoms. The molecule has 49 heavy (non-hydrogen) atoms. The predicted octanol–water partition coefficient (Wildman–Crippen LogP) is 4.82. The lowest BCUT2D eigenvalue weighted by molar-refractivity contribution is -0.140. The van der Waals surface area contributed by atoms with Crippen LogP contribution in [-0.4, -0.2) is 74.4 Å². The van der Waals surface area contributed by atoms with Gasteiger partial charge in [0.25, 0.3) is 15.9 Å². The Bertz CT molecular complexity index is 1470.